The van der Waals surface area contributed by atoms with Gasteiger partial charge in [0.25, 0.3) is 0 Å². The SMILES string of the molecule is Cc1noc(CC(O)(c2ccccc2)c2ccc(Cl)cc2)n1. The van der Waals surface area contributed by atoms with Gasteiger partial charge in [-0.15, -0.1) is 0 Å². The van der Waals surface area contributed by atoms with E-state index in [0.717, 1.165) is 11.1 Å². The van der Waals surface area contributed by atoms with Crippen molar-refractivity contribution in [1.29, 1.82) is 0 Å². The molecule has 0 amide bonds. The second-order valence-electron chi connectivity index (χ2n) is 5.15. The second-order valence-corrected chi connectivity index (χ2v) is 5.58. The van der Waals surface area contributed by atoms with Gasteiger partial charge in [0.15, 0.2) is 5.82 Å². The number of nitrogens with zero attached hydrogens (tertiary/aromatic N) is 2. The first-order valence-electron chi connectivity index (χ1n) is 6.91. The summed E-state index contributed by atoms with van der Waals surface area (Å²) in [6, 6.07) is 16.5. The molecule has 0 saturated carbocycles. The van der Waals surface area contributed by atoms with Crippen molar-refractivity contribution in [3.8, 4) is 0 Å². The summed E-state index contributed by atoms with van der Waals surface area (Å²) in [4.78, 5) is 4.20. The molecule has 0 aliphatic carbocycles. The van der Waals surface area contributed by atoms with E-state index >= 15 is 0 Å². The summed E-state index contributed by atoms with van der Waals surface area (Å²) in [5.41, 5.74) is 0.220. The van der Waals surface area contributed by atoms with Gasteiger partial charge in [-0.3, -0.25) is 0 Å². The highest BCUT2D eigenvalue weighted by molar-refractivity contribution is 6.30. The maximum atomic E-state index is 11.3. The van der Waals surface area contributed by atoms with Crippen LogP contribution in [0.3, 0.4) is 0 Å². The number of hydrogen-bond acceptors (Lipinski definition) is 4. The van der Waals surface area contributed by atoms with Crippen molar-refractivity contribution in [1.82, 2.24) is 10.1 Å². The highest BCUT2D eigenvalue weighted by Crippen LogP contribution is 2.33. The van der Waals surface area contributed by atoms with Gasteiger partial charge in [0.2, 0.25) is 5.89 Å². The standard InChI is InChI=1S/C17H15ClN2O2/c1-12-19-16(22-20-12)11-17(21,13-5-3-2-4-6-13)14-7-9-15(18)10-8-14/h2-10,21H,11H2,1H3. The smallest absolute Gasteiger partial charge is 0.230 e. The molecule has 5 heteroatoms. The Balaban J connectivity index is 2.07. The zero-order chi connectivity index (χ0) is 15.6. The molecule has 2 aromatic carbocycles. The Hall–Kier alpha value is -2.17. The third-order valence-corrected chi connectivity index (χ3v) is 3.80. The summed E-state index contributed by atoms with van der Waals surface area (Å²) in [6.07, 6.45) is 0.194. The van der Waals surface area contributed by atoms with Crippen molar-refractivity contribution in [3.05, 3.63) is 82.5 Å². The van der Waals surface area contributed by atoms with Crippen LogP contribution in [-0.2, 0) is 12.0 Å². The quantitative estimate of drug-likeness (QED) is 0.800. The summed E-state index contributed by atoms with van der Waals surface area (Å²) < 4.78 is 5.18. The lowest BCUT2D eigenvalue weighted by Crippen LogP contribution is -2.30. The van der Waals surface area contributed by atoms with Gasteiger partial charge in [-0.2, -0.15) is 4.98 Å². The molecule has 1 aromatic heterocycles. The highest BCUT2D eigenvalue weighted by atomic mass is 35.5. The first kappa shape index (κ1) is 14.8. The molecule has 0 bridgehead atoms. The summed E-state index contributed by atoms with van der Waals surface area (Å²) in [5.74, 6) is 0.931. The van der Waals surface area contributed by atoms with Gasteiger partial charge in [-0.05, 0) is 30.2 Å². The maximum Gasteiger partial charge on any atom is 0.230 e. The van der Waals surface area contributed by atoms with Crippen LogP contribution in [0.4, 0.5) is 0 Å². The molecule has 0 saturated heterocycles. The van der Waals surface area contributed by atoms with E-state index in [1.807, 2.05) is 30.3 Å². The second kappa shape index (κ2) is 5.91. The number of hydrogen-bond donors (Lipinski definition) is 1. The van der Waals surface area contributed by atoms with E-state index in [2.05, 4.69) is 10.1 Å². The predicted octanol–water partition coefficient (Wildman–Crippen LogP) is 3.51. The molecule has 22 heavy (non-hydrogen) atoms. The normalized spacial score (nSPS) is 13.8. The third kappa shape index (κ3) is 2.89. The molecule has 3 rings (SSSR count). The van der Waals surface area contributed by atoms with Gasteiger partial charge < -0.3 is 9.63 Å². The fourth-order valence-electron chi connectivity index (χ4n) is 2.44. The van der Waals surface area contributed by atoms with Crippen molar-refractivity contribution < 1.29 is 9.63 Å². The Labute approximate surface area is 133 Å². The number of benzene rings is 2. The van der Waals surface area contributed by atoms with Crippen LogP contribution in [0.2, 0.25) is 5.02 Å². The average Bonchev–Trinajstić information content (AvgIpc) is 2.93. The van der Waals surface area contributed by atoms with Crippen molar-refractivity contribution in [2.24, 2.45) is 0 Å². The minimum atomic E-state index is -1.26. The largest absolute Gasteiger partial charge is 0.380 e. The molecule has 0 fully saturated rings. The van der Waals surface area contributed by atoms with Crippen LogP contribution in [0.25, 0.3) is 0 Å². The lowest BCUT2D eigenvalue weighted by Gasteiger charge is -2.28. The molecule has 3 aromatic rings. The van der Waals surface area contributed by atoms with Crippen LogP contribution < -0.4 is 0 Å². The Kier molecular flexibility index (Phi) is 3.96. The van der Waals surface area contributed by atoms with Crippen LogP contribution in [-0.4, -0.2) is 15.2 Å². The molecule has 0 spiro atoms. The topological polar surface area (TPSA) is 59.2 Å². The Morgan fingerprint density at radius 1 is 1.05 bits per heavy atom. The van der Waals surface area contributed by atoms with Crippen LogP contribution in [0.5, 0.6) is 0 Å². The highest BCUT2D eigenvalue weighted by Gasteiger charge is 2.34. The number of aryl methyl sites for hydroxylation is 1. The number of halogens is 1. The van der Waals surface area contributed by atoms with E-state index in [4.69, 9.17) is 16.1 Å². The lowest BCUT2D eigenvalue weighted by atomic mass is 9.83. The van der Waals surface area contributed by atoms with Crippen LogP contribution >= 0.6 is 11.6 Å². The Bertz CT molecular complexity index is 756. The van der Waals surface area contributed by atoms with E-state index < -0.39 is 5.60 Å². The average molecular weight is 315 g/mol. The zero-order valence-corrected chi connectivity index (χ0v) is 12.8. The molecule has 1 heterocycles. The Morgan fingerprint density at radius 2 is 1.68 bits per heavy atom. The van der Waals surface area contributed by atoms with Crippen molar-refractivity contribution in [3.63, 3.8) is 0 Å². The summed E-state index contributed by atoms with van der Waals surface area (Å²) >= 11 is 5.95. The van der Waals surface area contributed by atoms with E-state index in [0.29, 0.717) is 16.7 Å². The van der Waals surface area contributed by atoms with Crippen LogP contribution in [0.1, 0.15) is 22.8 Å². The molecule has 0 aliphatic heterocycles. The molecule has 0 aliphatic rings. The van der Waals surface area contributed by atoms with Gasteiger partial charge in [0.05, 0.1) is 6.42 Å². The van der Waals surface area contributed by atoms with Gasteiger partial charge in [-0.1, -0.05) is 59.2 Å². The molecule has 0 radical (unpaired) electrons. The minimum absolute atomic E-state index is 0.194. The molecule has 4 nitrogen and oxygen atoms in total. The van der Waals surface area contributed by atoms with E-state index in [1.165, 1.54) is 0 Å². The van der Waals surface area contributed by atoms with Crippen molar-refractivity contribution in [2.75, 3.05) is 0 Å². The lowest BCUT2D eigenvalue weighted by molar-refractivity contribution is 0.0717. The van der Waals surface area contributed by atoms with E-state index in [-0.39, 0.29) is 6.42 Å². The first-order valence-corrected chi connectivity index (χ1v) is 7.29. The number of aromatic nitrogens is 2. The fraction of sp³-hybridized carbons (Fsp3) is 0.176. The van der Waals surface area contributed by atoms with E-state index in [1.54, 1.807) is 31.2 Å². The van der Waals surface area contributed by atoms with Crippen LogP contribution in [0, 0.1) is 6.92 Å². The Morgan fingerprint density at radius 3 is 2.27 bits per heavy atom. The maximum absolute atomic E-state index is 11.3. The number of aliphatic hydroxyl groups is 1. The van der Waals surface area contributed by atoms with Crippen molar-refractivity contribution >= 4 is 11.6 Å². The van der Waals surface area contributed by atoms with Crippen molar-refractivity contribution in [2.45, 2.75) is 18.9 Å². The first-order chi connectivity index (χ1) is 10.6. The van der Waals surface area contributed by atoms with Gasteiger partial charge in [0.1, 0.15) is 5.60 Å². The monoisotopic (exact) mass is 314 g/mol. The zero-order valence-electron chi connectivity index (χ0n) is 12.0. The van der Waals surface area contributed by atoms with Gasteiger partial charge in [-0.25, -0.2) is 0 Å². The minimum Gasteiger partial charge on any atom is -0.380 e. The molecule has 112 valence electrons. The van der Waals surface area contributed by atoms with Crippen LogP contribution in [0.15, 0.2) is 59.1 Å². The van der Waals surface area contributed by atoms with E-state index in [9.17, 15) is 5.11 Å². The summed E-state index contributed by atoms with van der Waals surface area (Å²) in [6.45, 7) is 1.75. The fourth-order valence-corrected chi connectivity index (χ4v) is 2.57. The van der Waals surface area contributed by atoms with Gasteiger partial charge >= 0.3 is 0 Å². The summed E-state index contributed by atoms with van der Waals surface area (Å²) in [5, 5.41) is 15.7. The third-order valence-electron chi connectivity index (χ3n) is 3.55. The predicted molar refractivity (Wildman–Crippen MR) is 83.6 cm³/mol. The summed E-state index contributed by atoms with van der Waals surface area (Å²) in [7, 11) is 0. The molecular formula is C17H15ClN2O2. The number of rotatable bonds is 4. The van der Waals surface area contributed by atoms with Gasteiger partial charge in [0, 0.05) is 5.02 Å². The molecule has 1 N–H and O–H groups in total. The molecular weight excluding hydrogens is 300 g/mol. The molecule has 1 unspecified atom stereocenters. The molecule has 1 atom stereocenters.